The largest absolute Gasteiger partial charge is 0.337 e. The summed E-state index contributed by atoms with van der Waals surface area (Å²) in [5.74, 6) is 2.09. The highest BCUT2D eigenvalue weighted by atomic mass is 35.5. The van der Waals surface area contributed by atoms with Crippen LogP contribution in [0.5, 0.6) is 0 Å². The van der Waals surface area contributed by atoms with E-state index in [1.165, 1.54) is 25.7 Å². The Morgan fingerprint density at radius 1 is 1.36 bits per heavy atom. The Balaban J connectivity index is 1.73. The number of fused-ring (bicyclic) bond motifs is 2. The van der Waals surface area contributed by atoms with Crippen LogP contribution in [0.3, 0.4) is 0 Å². The minimum atomic E-state index is -0.0526. The van der Waals surface area contributed by atoms with Crippen LogP contribution < -0.4 is 10.6 Å². The van der Waals surface area contributed by atoms with Crippen molar-refractivity contribution in [1.29, 1.82) is 0 Å². The van der Waals surface area contributed by atoms with Crippen molar-refractivity contribution in [3.05, 3.63) is 0 Å². The second kappa shape index (κ2) is 4.39. The van der Waals surface area contributed by atoms with Gasteiger partial charge in [0.2, 0.25) is 0 Å². The van der Waals surface area contributed by atoms with Crippen LogP contribution in [0.1, 0.15) is 25.7 Å². The van der Waals surface area contributed by atoms with E-state index in [1.807, 2.05) is 0 Å². The van der Waals surface area contributed by atoms with Crippen molar-refractivity contribution in [2.45, 2.75) is 31.7 Å². The Morgan fingerprint density at radius 3 is 2.79 bits per heavy atom. The molecule has 0 unspecified atom stereocenters. The number of rotatable bonds is 3. The molecule has 2 aliphatic carbocycles. The first-order valence-electron chi connectivity index (χ1n) is 5.40. The predicted molar refractivity (Wildman–Crippen MR) is 56.5 cm³/mol. The van der Waals surface area contributed by atoms with E-state index in [0.717, 1.165) is 11.8 Å². The molecule has 0 spiro atoms. The van der Waals surface area contributed by atoms with Gasteiger partial charge in [-0.3, -0.25) is 0 Å². The molecular weight excluding hydrogens is 200 g/mol. The predicted octanol–water partition coefficient (Wildman–Crippen LogP) is 1.71. The Kier molecular flexibility index (Phi) is 3.16. The topological polar surface area (TPSA) is 41.1 Å². The average molecular weight is 217 g/mol. The minimum Gasteiger partial charge on any atom is -0.337 e. The molecule has 3 atom stereocenters. The van der Waals surface area contributed by atoms with Crippen molar-refractivity contribution in [2.75, 3.05) is 12.4 Å². The zero-order valence-corrected chi connectivity index (χ0v) is 9.02. The summed E-state index contributed by atoms with van der Waals surface area (Å²) in [6, 6.07) is 0.368. The first-order valence-corrected chi connectivity index (χ1v) is 5.93. The molecule has 3 nitrogen and oxygen atoms in total. The van der Waals surface area contributed by atoms with Gasteiger partial charge in [0, 0.05) is 18.5 Å². The van der Waals surface area contributed by atoms with Gasteiger partial charge in [-0.25, -0.2) is 4.79 Å². The molecule has 4 heteroatoms. The zero-order valence-electron chi connectivity index (χ0n) is 8.26. The first-order chi connectivity index (χ1) is 6.79. The maximum atomic E-state index is 11.4. The molecule has 0 aromatic carbocycles. The summed E-state index contributed by atoms with van der Waals surface area (Å²) in [6.45, 7) is 0.550. The van der Waals surface area contributed by atoms with E-state index in [9.17, 15) is 4.79 Å². The Bertz CT molecular complexity index is 222. The van der Waals surface area contributed by atoms with E-state index in [-0.39, 0.29) is 6.03 Å². The highest BCUT2D eigenvalue weighted by molar-refractivity contribution is 6.18. The molecule has 2 N–H and O–H groups in total. The van der Waals surface area contributed by atoms with Gasteiger partial charge in [-0.1, -0.05) is 6.42 Å². The third-order valence-corrected chi connectivity index (χ3v) is 3.62. The van der Waals surface area contributed by atoms with E-state index in [4.69, 9.17) is 11.6 Å². The molecule has 80 valence electrons. The number of urea groups is 1. The lowest BCUT2D eigenvalue weighted by Gasteiger charge is -2.22. The summed E-state index contributed by atoms with van der Waals surface area (Å²) in [7, 11) is 0. The molecule has 0 aromatic heterocycles. The molecule has 0 radical (unpaired) electrons. The van der Waals surface area contributed by atoms with Gasteiger partial charge >= 0.3 is 6.03 Å². The molecule has 14 heavy (non-hydrogen) atoms. The number of hydrogen-bond donors (Lipinski definition) is 2. The standard InChI is InChI=1S/C10H17ClN2O/c11-3-4-12-10(14)13-9-6-7-1-2-8(9)5-7/h7-9H,1-6H2,(H2,12,13,14)/t7-,8-,9+/m1/s1. The number of halogens is 1. The maximum Gasteiger partial charge on any atom is 0.315 e. The molecule has 2 bridgehead atoms. The molecule has 0 heterocycles. The minimum absolute atomic E-state index is 0.0526. The molecule has 2 aliphatic rings. The Labute approximate surface area is 89.6 Å². The average Bonchev–Trinajstić information content (AvgIpc) is 2.76. The Morgan fingerprint density at radius 2 is 2.21 bits per heavy atom. The molecular formula is C10H17ClN2O. The quantitative estimate of drug-likeness (QED) is 0.693. The molecule has 2 fully saturated rings. The molecule has 2 saturated carbocycles. The van der Waals surface area contributed by atoms with Gasteiger partial charge in [0.15, 0.2) is 0 Å². The highest BCUT2D eigenvalue weighted by Crippen LogP contribution is 2.44. The third kappa shape index (κ3) is 2.14. The number of carbonyl (C=O) groups excluding carboxylic acids is 1. The van der Waals surface area contributed by atoms with Crippen molar-refractivity contribution < 1.29 is 4.79 Å². The number of nitrogens with one attached hydrogen (secondary N) is 2. The fourth-order valence-corrected chi connectivity index (χ4v) is 2.90. The summed E-state index contributed by atoms with van der Waals surface area (Å²) in [5.41, 5.74) is 0. The number of hydrogen-bond acceptors (Lipinski definition) is 1. The fraction of sp³-hybridized carbons (Fsp3) is 0.900. The molecule has 0 aromatic rings. The van der Waals surface area contributed by atoms with Crippen LogP contribution in [-0.2, 0) is 0 Å². The van der Waals surface area contributed by atoms with Crippen LogP contribution in [0.15, 0.2) is 0 Å². The van der Waals surface area contributed by atoms with E-state index >= 15 is 0 Å². The van der Waals surface area contributed by atoms with Gasteiger partial charge in [-0.05, 0) is 31.1 Å². The molecule has 2 rings (SSSR count). The summed E-state index contributed by atoms with van der Waals surface area (Å²) in [4.78, 5) is 11.4. The van der Waals surface area contributed by atoms with Gasteiger partial charge in [0.25, 0.3) is 0 Å². The highest BCUT2D eigenvalue weighted by Gasteiger charge is 2.39. The van der Waals surface area contributed by atoms with Crippen LogP contribution in [0, 0.1) is 11.8 Å². The monoisotopic (exact) mass is 216 g/mol. The number of carbonyl (C=O) groups is 1. The summed E-state index contributed by atoms with van der Waals surface area (Å²) in [5, 5.41) is 5.77. The lowest BCUT2D eigenvalue weighted by atomic mass is 9.95. The van der Waals surface area contributed by atoms with Crippen LogP contribution in [0.25, 0.3) is 0 Å². The van der Waals surface area contributed by atoms with Crippen molar-refractivity contribution in [1.82, 2.24) is 10.6 Å². The Hall–Kier alpha value is -0.440. The number of alkyl halides is 1. The summed E-state index contributed by atoms with van der Waals surface area (Å²) >= 11 is 5.48. The number of amides is 2. The normalized spacial score (nSPS) is 34.5. The van der Waals surface area contributed by atoms with Gasteiger partial charge in [-0.15, -0.1) is 11.6 Å². The zero-order chi connectivity index (χ0) is 9.97. The van der Waals surface area contributed by atoms with Gasteiger partial charge < -0.3 is 10.6 Å². The first kappa shape index (κ1) is 10.1. The SMILES string of the molecule is O=C(NCCCl)N[C@H]1C[C@@H]2CC[C@@H]1C2. The van der Waals surface area contributed by atoms with E-state index in [0.29, 0.717) is 18.5 Å². The van der Waals surface area contributed by atoms with Crippen molar-refractivity contribution >= 4 is 17.6 Å². The van der Waals surface area contributed by atoms with Crippen molar-refractivity contribution in [2.24, 2.45) is 11.8 Å². The van der Waals surface area contributed by atoms with E-state index < -0.39 is 0 Å². The van der Waals surface area contributed by atoms with Crippen molar-refractivity contribution in [3.63, 3.8) is 0 Å². The van der Waals surface area contributed by atoms with Gasteiger partial charge in [0.1, 0.15) is 0 Å². The van der Waals surface area contributed by atoms with Crippen LogP contribution in [0.4, 0.5) is 4.79 Å². The van der Waals surface area contributed by atoms with E-state index in [1.54, 1.807) is 0 Å². The smallest absolute Gasteiger partial charge is 0.315 e. The van der Waals surface area contributed by atoms with Crippen LogP contribution in [-0.4, -0.2) is 24.5 Å². The van der Waals surface area contributed by atoms with Crippen molar-refractivity contribution in [3.8, 4) is 0 Å². The summed E-state index contributed by atoms with van der Waals surface area (Å²) in [6.07, 6.45) is 5.16. The van der Waals surface area contributed by atoms with E-state index in [2.05, 4.69) is 10.6 Å². The van der Waals surface area contributed by atoms with Gasteiger partial charge in [-0.2, -0.15) is 0 Å². The molecule has 0 saturated heterocycles. The molecule has 0 aliphatic heterocycles. The lowest BCUT2D eigenvalue weighted by Crippen LogP contribution is -2.44. The second-order valence-corrected chi connectivity index (χ2v) is 4.75. The third-order valence-electron chi connectivity index (χ3n) is 3.43. The van der Waals surface area contributed by atoms with Crippen LogP contribution >= 0.6 is 11.6 Å². The second-order valence-electron chi connectivity index (χ2n) is 4.37. The maximum absolute atomic E-state index is 11.4. The molecule has 2 amide bonds. The summed E-state index contributed by atoms with van der Waals surface area (Å²) < 4.78 is 0. The fourth-order valence-electron chi connectivity index (χ4n) is 2.80. The van der Waals surface area contributed by atoms with Crippen LogP contribution in [0.2, 0.25) is 0 Å². The lowest BCUT2D eigenvalue weighted by molar-refractivity contribution is 0.231. The van der Waals surface area contributed by atoms with Gasteiger partial charge in [0.05, 0.1) is 0 Å².